The molecule has 2 aliphatic heterocycles. The molecule has 2 heterocycles. The molecule has 0 aromatic heterocycles. The average Bonchev–Trinajstić information content (AvgIpc) is 3.13. The van der Waals surface area contributed by atoms with Gasteiger partial charge in [-0.1, -0.05) is 36.7 Å². The first-order valence-corrected chi connectivity index (χ1v) is 9.81. The number of carbonyl (C=O) groups excluding carboxylic acids is 2. The minimum atomic E-state index is -1.28. The third-order valence-corrected chi connectivity index (χ3v) is 5.78. The van der Waals surface area contributed by atoms with Gasteiger partial charge in [0.05, 0.1) is 25.7 Å². The zero-order valence-corrected chi connectivity index (χ0v) is 18.5. The van der Waals surface area contributed by atoms with Crippen LogP contribution in [0.4, 0.5) is 4.39 Å². The molecule has 1 aromatic rings. The summed E-state index contributed by atoms with van der Waals surface area (Å²) >= 11 is 3.34. The summed E-state index contributed by atoms with van der Waals surface area (Å²) in [6.45, 7) is 7.03. The fraction of sp³-hybridized carbons (Fsp3) is 0.579. The van der Waals surface area contributed by atoms with Gasteiger partial charge in [0.15, 0.2) is 0 Å². The quantitative estimate of drug-likeness (QED) is 0.648. The number of amides is 2. The Morgan fingerprint density at radius 1 is 1.36 bits per heavy atom. The first-order chi connectivity index (χ1) is 13.2. The first-order valence-electron chi connectivity index (χ1n) is 9.01. The van der Waals surface area contributed by atoms with E-state index < -0.39 is 34.7 Å². The smallest absolute Gasteiger partial charge is 0.275 e. The standard InChI is InChI=1S/C17H20BrFN2O5.C2H6/c1-10(22)21-17(12-7-11(18)5-6-13(12)19)9-25-14(15(23)20(3)24-4)16(17,2)8-26-21;1-2/h5-7,14H,8-9H2,1-4H3;1-2H3/t14-,16-,17-;/m1./s1. The minimum Gasteiger partial charge on any atom is -0.365 e. The van der Waals surface area contributed by atoms with E-state index in [1.807, 2.05) is 13.8 Å². The van der Waals surface area contributed by atoms with Gasteiger partial charge in [-0.2, -0.15) is 0 Å². The lowest BCUT2D eigenvalue weighted by atomic mass is 9.66. The fourth-order valence-corrected chi connectivity index (χ4v) is 4.19. The van der Waals surface area contributed by atoms with Crippen LogP contribution in [0.15, 0.2) is 22.7 Å². The van der Waals surface area contributed by atoms with Crippen molar-refractivity contribution in [2.45, 2.75) is 39.3 Å². The van der Waals surface area contributed by atoms with Crippen LogP contribution in [0.2, 0.25) is 0 Å². The highest BCUT2D eigenvalue weighted by Crippen LogP contribution is 2.58. The summed E-state index contributed by atoms with van der Waals surface area (Å²) in [6.07, 6.45) is -0.963. The van der Waals surface area contributed by atoms with E-state index in [1.165, 1.54) is 27.1 Å². The molecule has 0 bridgehead atoms. The lowest BCUT2D eigenvalue weighted by Crippen LogP contribution is -2.55. The normalized spacial score (nSPS) is 28.4. The van der Waals surface area contributed by atoms with Gasteiger partial charge in [-0.25, -0.2) is 14.5 Å². The van der Waals surface area contributed by atoms with Gasteiger partial charge in [-0.3, -0.25) is 19.3 Å². The molecule has 0 unspecified atom stereocenters. The van der Waals surface area contributed by atoms with Crippen LogP contribution in [0.3, 0.4) is 0 Å². The van der Waals surface area contributed by atoms with Crippen LogP contribution in [0.1, 0.15) is 33.3 Å². The van der Waals surface area contributed by atoms with Crippen molar-refractivity contribution < 1.29 is 28.4 Å². The number of nitrogens with zero attached hydrogens (tertiary/aromatic N) is 2. The molecule has 156 valence electrons. The van der Waals surface area contributed by atoms with Crippen LogP contribution in [-0.2, 0) is 29.5 Å². The second-order valence-corrected chi connectivity index (χ2v) is 7.61. The summed E-state index contributed by atoms with van der Waals surface area (Å²) in [7, 11) is 2.83. The van der Waals surface area contributed by atoms with E-state index in [1.54, 1.807) is 19.1 Å². The summed E-state index contributed by atoms with van der Waals surface area (Å²) in [6, 6.07) is 4.47. The van der Waals surface area contributed by atoms with E-state index in [-0.39, 0.29) is 18.8 Å². The number of likely N-dealkylation sites (N-methyl/N-ethyl adjacent to an activating group) is 1. The van der Waals surface area contributed by atoms with E-state index in [2.05, 4.69) is 15.9 Å². The second kappa shape index (κ2) is 8.44. The Kier molecular flexibility index (Phi) is 6.86. The minimum absolute atomic E-state index is 0.0203. The summed E-state index contributed by atoms with van der Waals surface area (Å²) in [4.78, 5) is 35.6. The molecule has 2 fully saturated rings. The summed E-state index contributed by atoms with van der Waals surface area (Å²) in [5.41, 5.74) is -2.05. The Bertz CT molecular complexity index is 764. The van der Waals surface area contributed by atoms with Crippen molar-refractivity contribution in [1.82, 2.24) is 10.1 Å². The Hall–Kier alpha value is -1.55. The molecule has 0 aliphatic carbocycles. The lowest BCUT2D eigenvalue weighted by molar-refractivity contribution is -0.196. The summed E-state index contributed by atoms with van der Waals surface area (Å²) < 4.78 is 21.3. The third-order valence-electron chi connectivity index (χ3n) is 5.29. The van der Waals surface area contributed by atoms with Gasteiger partial charge in [0.1, 0.15) is 17.5 Å². The topological polar surface area (TPSA) is 68.3 Å². The van der Waals surface area contributed by atoms with Crippen LogP contribution in [0, 0.1) is 11.2 Å². The average molecular weight is 461 g/mol. The SMILES string of the molecule is CC.CON(C)C(=O)[C@H]1OC[C@]2(c3cc(Br)ccc3F)N(C(C)=O)OC[C@]12C. The zero-order chi connectivity index (χ0) is 21.3. The number of fused-ring (bicyclic) bond motifs is 1. The molecule has 0 N–H and O–H groups in total. The van der Waals surface area contributed by atoms with Crippen LogP contribution in [-0.4, -0.2) is 55.4 Å². The number of halogens is 2. The van der Waals surface area contributed by atoms with Crippen LogP contribution < -0.4 is 0 Å². The van der Waals surface area contributed by atoms with Crippen molar-refractivity contribution >= 4 is 27.7 Å². The number of hydrogen-bond donors (Lipinski definition) is 0. The molecule has 28 heavy (non-hydrogen) atoms. The molecule has 9 heteroatoms. The first kappa shape index (κ1) is 22.7. The second-order valence-electron chi connectivity index (χ2n) is 6.70. The van der Waals surface area contributed by atoms with Crippen molar-refractivity contribution in [1.29, 1.82) is 0 Å². The zero-order valence-electron chi connectivity index (χ0n) is 16.9. The molecule has 2 saturated heterocycles. The Labute approximate surface area is 172 Å². The lowest BCUT2D eigenvalue weighted by Gasteiger charge is -2.40. The third kappa shape index (κ3) is 3.24. The molecule has 0 spiro atoms. The largest absolute Gasteiger partial charge is 0.365 e. The molecular weight excluding hydrogens is 435 g/mol. The molecule has 7 nitrogen and oxygen atoms in total. The molecule has 0 saturated carbocycles. The van der Waals surface area contributed by atoms with Gasteiger partial charge < -0.3 is 4.74 Å². The van der Waals surface area contributed by atoms with Crippen LogP contribution in [0.5, 0.6) is 0 Å². The highest BCUT2D eigenvalue weighted by atomic mass is 79.9. The predicted molar refractivity (Wildman–Crippen MR) is 103 cm³/mol. The van der Waals surface area contributed by atoms with E-state index in [4.69, 9.17) is 14.4 Å². The van der Waals surface area contributed by atoms with E-state index in [0.717, 1.165) is 10.1 Å². The van der Waals surface area contributed by atoms with Gasteiger partial charge in [0.2, 0.25) is 5.91 Å². The van der Waals surface area contributed by atoms with Crippen LogP contribution >= 0.6 is 15.9 Å². The maximum Gasteiger partial charge on any atom is 0.275 e. The number of carbonyl (C=O) groups is 2. The molecule has 2 aliphatic rings. The Balaban J connectivity index is 0.00000136. The van der Waals surface area contributed by atoms with Gasteiger partial charge >= 0.3 is 0 Å². The van der Waals surface area contributed by atoms with Gasteiger partial charge in [-0.15, -0.1) is 0 Å². The Morgan fingerprint density at radius 3 is 2.57 bits per heavy atom. The molecule has 3 atom stereocenters. The molecule has 3 rings (SSSR count). The van der Waals surface area contributed by atoms with Crippen molar-refractivity contribution in [3.8, 4) is 0 Å². The van der Waals surface area contributed by atoms with E-state index in [9.17, 15) is 14.0 Å². The number of ether oxygens (including phenoxy) is 1. The van der Waals surface area contributed by atoms with Crippen molar-refractivity contribution in [2.24, 2.45) is 5.41 Å². The van der Waals surface area contributed by atoms with Gasteiger partial charge in [-0.05, 0) is 18.2 Å². The fourth-order valence-electron chi connectivity index (χ4n) is 3.83. The molecular formula is C19H26BrFN2O5. The summed E-state index contributed by atoms with van der Waals surface area (Å²) in [5.74, 6) is -1.33. The van der Waals surface area contributed by atoms with E-state index in [0.29, 0.717) is 4.47 Å². The maximum absolute atomic E-state index is 14.8. The Morgan fingerprint density at radius 2 is 2.00 bits per heavy atom. The number of benzene rings is 1. The highest BCUT2D eigenvalue weighted by Gasteiger charge is 2.71. The monoisotopic (exact) mass is 460 g/mol. The molecule has 0 radical (unpaired) electrons. The number of hydrogen-bond acceptors (Lipinski definition) is 5. The van der Waals surface area contributed by atoms with Crippen LogP contribution in [0.25, 0.3) is 0 Å². The van der Waals surface area contributed by atoms with Crippen molar-refractivity contribution in [2.75, 3.05) is 27.4 Å². The van der Waals surface area contributed by atoms with Crippen molar-refractivity contribution in [3.63, 3.8) is 0 Å². The van der Waals surface area contributed by atoms with Gasteiger partial charge in [0, 0.05) is 24.0 Å². The predicted octanol–water partition coefficient (Wildman–Crippen LogP) is 3.03. The van der Waals surface area contributed by atoms with Gasteiger partial charge in [0.25, 0.3) is 5.91 Å². The highest BCUT2D eigenvalue weighted by molar-refractivity contribution is 9.10. The number of rotatable bonds is 3. The van der Waals surface area contributed by atoms with E-state index >= 15 is 0 Å². The van der Waals surface area contributed by atoms with Crippen molar-refractivity contribution in [3.05, 3.63) is 34.1 Å². The maximum atomic E-state index is 14.8. The summed E-state index contributed by atoms with van der Waals surface area (Å²) in [5, 5.41) is 2.19. The molecule has 2 amide bonds. The number of hydroxylamine groups is 4. The molecule has 1 aromatic carbocycles.